The predicted molar refractivity (Wildman–Crippen MR) is 153 cm³/mol. The van der Waals surface area contributed by atoms with Crippen molar-refractivity contribution >= 4 is 22.7 Å². The Kier molecular flexibility index (Phi) is 6.74. The molecule has 38 heavy (non-hydrogen) atoms. The van der Waals surface area contributed by atoms with E-state index in [0.717, 1.165) is 47.3 Å². The Bertz CT molecular complexity index is 1290. The van der Waals surface area contributed by atoms with E-state index in [9.17, 15) is 4.79 Å². The van der Waals surface area contributed by atoms with Crippen LogP contribution in [0.4, 0.5) is 5.69 Å². The van der Waals surface area contributed by atoms with Crippen molar-refractivity contribution in [3.05, 3.63) is 48.5 Å². The molecular weight excluding hydrogens is 470 g/mol. The zero-order chi connectivity index (χ0) is 26.6. The quantitative estimate of drug-likeness (QED) is 0.244. The number of fused-ring (bicyclic) bond motifs is 1. The molecule has 3 aliphatic carbocycles. The molecule has 4 atom stereocenters. The third-order valence-electron chi connectivity index (χ3n) is 9.31. The third-order valence-corrected chi connectivity index (χ3v) is 9.31. The van der Waals surface area contributed by atoms with Gasteiger partial charge in [-0.1, -0.05) is 39.3 Å². The lowest BCUT2D eigenvalue weighted by atomic mass is 9.75. The zero-order valence-electron chi connectivity index (χ0n) is 23.8. The molecule has 3 fully saturated rings. The normalized spacial score (nSPS) is 24.5. The van der Waals surface area contributed by atoms with Gasteiger partial charge in [-0.25, -0.2) is 13.9 Å². The number of aryl methyl sites for hydroxylation is 1. The lowest BCUT2D eigenvalue weighted by molar-refractivity contribution is -0.634. The third kappa shape index (κ3) is 4.74. The summed E-state index contributed by atoms with van der Waals surface area (Å²) in [7, 11) is 2.11. The van der Waals surface area contributed by atoms with Crippen LogP contribution in [-0.2, 0) is 16.6 Å². The van der Waals surface area contributed by atoms with Crippen molar-refractivity contribution in [2.24, 2.45) is 24.8 Å². The van der Waals surface area contributed by atoms with Gasteiger partial charge in [0.25, 0.3) is 5.82 Å². The number of hydrogen-bond donors (Lipinski definition) is 0. The molecule has 0 aliphatic heterocycles. The van der Waals surface area contributed by atoms with Crippen molar-refractivity contribution in [3.63, 3.8) is 0 Å². The number of esters is 1. The van der Waals surface area contributed by atoms with Gasteiger partial charge >= 0.3 is 5.97 Å². The molecule has 3 saturated carbocycles. The van der Waals surface area contributed by atoms with Gasteiger partial charge in [0.05, 0.1) is 12.6 Å². The van der Waals surface area contributed by atoms with E-state index in [0.29, 0.717) is 17.8 Å². The van der Waals surface area contributed by atoms with Crippen LogP contribution in [0.3, 0.4) is 0 Å². The van der Waals surface area contributed by atoms with Crippen molar-refractivity contribution < 1.29 is 14.1 Å². The van der Waals surface area contributed by atoms with E-state index in [-0.39, 0.29) is 12.1 Å². The van der Waals surface area contributed by atoms with E-state index in [2.05, 4.69) is 90.4 Å². The second-order valence-corrected chi connectivity index (χ2v) is 12.6. The van der Waals surface area contributed by atoms with Crippen molar-refractivity contribution in [3.8, 4) is 11.4 Å². The standard InChI is InChI=1S/C33H44N3O2/c1-21(2)28-19-10-22(3)20-31(28)38-33(37)23(4)35-30-9-7-6-8-29(30)34(5)32(35)24-11-13-25(14-12-24)36(26-15-16-26)27-17-18-27/h6-9,11-14,21-23,26-28,31H,10,15-20H2,1-5H3/q+1/t22-,23-,28+,31-/m1/s1. The molecule has 0 N–H and O–H groups in total. The number of ether oxygens (including phenoxy) is 1. The topological polar surface area (TPSA) is 38.4 Å². The van der Waals surface area contributed by atoms with Crippen LogP contribution in [0.5, 0.6) is 0 Å². The van der Waals surface area contributed by atoms with Gasteiger partial charge in [-0.05, 0) is 99.6 Å². The summed E-state index contributed by atoms with van der Waals surface area (Å²) in [5, 5.41) is 0. The number of anilines is 1. The number of carbonyl (C=O) groups is 1. The van der Waals surface area contributed by atoms with Crippen LogP contribution >= 0.6 is 0 Å². The van der Waals surface area contributed by atoms with E-state index in [4.69, 9.17) is 4.74 Å². The van der Waals surface area contributed by atoms with Crippen LogP contribution in [0.15, 0.2) is 48.5 Å². The largest absolute Gasteiger partial charge is 0.459 e. The van der Waals surface area contributed by atoms with Gasteiger partial charge in [0.1, 0.15) is 6.10 Å². The highest BCUT2D eigenvalue weighted by molar-refractivity contribution is 5.82. The smallest absolute Gasteiger partial charge is 0.351 e. The van der Waals surface area contributed by atoms with Gasteiger partial charge in [0, 0.05) is 17.8 Å². The summed E-state index contributed by atoms with van der Waals surface area (Å²) in [6, 6.07) is 18.5. The van der Waals surface area contributed by atoms with E-state index >= 15 is 0 Å². The fraction of sp³-hybridized carbons (Fsp3) is 0.576. The number of hydrogen-bond acceptors (Lipinski definition) is 3. The Morgan fingerprint density at radius 1 is 0.947 bits per heavy atom. The molecule has 202 valence electrons. The van der Waals surface area contributed by atoms with Gasteiger partial charge in [-0.2, -0.15) is 0 Å². The summed E-state index contributed by atoms with van der Waals surface area (Å²) in [5.41, 5.74) is 4.65. The average Bonchev–Trinajstić information content (AvgIpc) is 3.84. The van der Waals surface area contributed by atoms with Crippen LogP contribution in [0.2, 0.25) is 0 Å². The molecule has 0 amide bonds. The van der Waals surface area contributed by atoms with Crippen molar-refractivity contribution in [1.29, 1.82) is 0 Å². The van der Waals surface area contributed by atoms with E-state index < -0.39 is 6.04 Å². The number of rotatable bonds is 8. The number of aromatic nitrogens is 2. The van der Waals surface area contributed by atoms with Gasteiger partial charge in [-0.3, -0.25) is 0 Å². The van der Waals surface area contributed by atoms with Gasteiger partial charge < -0.3 is 9.64 Å². The molecule has 0 saturated heterocycles. The summed E-state index contributed by atoms with van der Waals surface area (Å²) < 4.78 is 10.8. The summed E-state index contributed by atoms with van der Waals surface area (Å²) in [6.07, 6.45) is 8.61. The predicted octanol–water partition coefficient (Wildman–Crippen LogP) is 6.83. The summed E-state index contributed by atoms with van der Waals surface area (Å²) in [4.78, 5) is 16.4. The summed E-state index contributed by atoms with van der Waals surface area (Å²) >= 11 is 0. The van der Waals surface area contributed by atoms with Crippen LogP contribution in [0.25, 0.3) is 22.4 Å². The minimum Gasteiger partial charge on any atom is -0.459 e. The highest BCUT2D eigenvalue weighted by Gasteiger charge is 2.40. The molecule has 0 spiro atoms. The molecule has 3 aromatic rings. The summed E-state index contributed by atoms with van der Waals surface area (Å²) in [5.74, 6) is 2.48. The molecule has 1 heterocycles. The number of benzene rings is 2. The first-order valence-corrected chi connectivity index (χ1v) is 14.9. The number of nitrogens with zero attached hydrogens (tertiary/aromatic N) is 3. The molecule has 0 radical (unpaired) electrons. The SMILES string of the molecule is CC(C)[C@@H]1CC[C@@H](C)C[C@H]1OC(=O)[C@@H](C)n1c(-c2ccc(N(C3CC3)C3CC3)cc2)[n+](C)c2ccccc21. The highest BCUT2D eigenvalue weighted by atomic mass is 16.5. The average molecular weight is 515 g/mol. The van der Waals surface area contributed by atoms with E-state index in [1.54, 1.807) is 0 Å². The minimum atomic E-state index is -0.421. The molecule has 5 nitrogen and oxygen atoms in total. The number of para-hydroxylation sites is 2. The second-order valence-electron chi connectivity index (χ2n) is 12.6. The fourth-order valence-electron chi connectivity index (χ4n) is 6.88. The van der Waals surface area contributed by atoms with Gasteiger partial charge in [0.2, 0.25) is 0 Å². The monoisotopic (exact) mass is 514 g/mol. The minimum absolute atomic E-state index is 0.00263. The first-order valence-electron chi connectivity index (χ1n) is 14.9. The lowest BCUT2D eigenvalue weighted by Gasteiger charge is -2.37. The maximum absolute atomic E-state index is 13.8. The van der Waals surface area contributed by atoms with Gasteiger partial charge in [-0.15, -0.1) is 0 Å². The molecule has 3 aliphatic rings. The van der Waals surface area contributed by atoms with Crippen LogP contribution in [0, 0.1) is 17.8 Å². The number of imidazole rings is 1. The second kappa shape index (κ2) is 10.1. The molecule has 5 heteroatoms. The van der Waals surface area contributed by atoms with Gasteiger partial charge in [0.15, 0.2) is 17.1 Å². The maximum Gasteiger partial charge on any atom is 0.351 e. The van der Waals surface area contributed by atoms with Crippen LogP contribution in [-0.4, -0.2) is 28.7 Å². The van der Waals surface area contributed by atoms with Crippen molar-refractivity contribution in [2.45, 2.75) is 96.9 Å². The molecule has 0 unspecified atom stereocenters. The maximum atomic E-state index is 13.8. The Morgan fingerprint density at radius 3 is 2.24 bits per heavy atom. The van der Waals surface area contributed by atoms with E-state index in [1.165, 1.54) is 37.8 Å². The Morgan fingerprint density at radius 2 is 1.61 bits per heavy atom. The van der Waals surface area contributed by atoms with Crippen LogP contribution < -0.4 is 9.47 Å². The Labute approximate surface area is 227 Å². The number of carbonyl (C=O) groups excluding carboxylic acids is 1. The Hall–Kier alpha value is -2.82. The first kappa shape index (κ1) is 25.5. The molecular formula is C33H44N3O2+. The van der Waals surface area contributed by atoms with Crippen LogP contribution in [0.1, 0.15) is 78.7 Å². The Balaban J connectivity index is 1.33. The fourth-order valence-corrected chi connectivity index (χ4v) is 6.88. The molecule has 1 aromatic heterocycles. The highest BCUT2D eigenvalue weighted by Crippen LogP contribution is 2.41. The molecule has 0 bridgehead atoms. The first-order chi connectivity index (χ1) is 18.3. The van der Waals surface area contributed by atoms with E-state index in [1.807, 2.05) is 6.92 Å². The summed E-state index contributed by atoms with van der Waals surface area (Å²) in [6.45, 7) is 8.82. The van der Waals surface area contributed by atoms with Crippen molar-refractivity contribution in [1.82, 2.24) is 4.57 Å². The molecule has 2 aromatic carbocycles. The molecule has 6 rings (SSSR count). The van der Waals surface area contributed by atoms with Crippen molar-refractivity contribution in [2.75, 3.05) is 4.90 Å². The lowest BCUT2D eigenvalue weighted by Crippen LogP contribution is -2.38. The zero-order valence-corrected chi connectivity index (χ0v) is 23.8.